The van der Waals surface area contributed by atoms with Gasteiger partial charge in [0.05, 0.1) is 17.0 Å². The summed E-state index contributed by atoms with van der Waals surface area (Å²) in [6, 6.07) is 2.33. The van der Waals surface area contributed by atoms with Gasteiger partial charge in [0, 0.05) is 12.8 Å². The largest absolute Gasteiger partial charge is 0.444 e. The van der Waals surface area contributed by atoms with E-state index in [0.29, 0.717) is 0 Å². The van der Waals surface area contributed by atoms with Gasteiger partial charge in [-0.1, -0.05) is 19.3 Å². The van der Waals surface area contributed by atoms with E-state index in [4.69, 9.17) is 4.74 Å². The van der Waals surface area contributed by atoms with Crippen molar-refractivity contribution in [3.63, 3.8) is 0 Å². The molecule has 2 aliphatic rings. The van der Waals surface area contributed by atoms with E-state index in [9.17, 15) is 14.9 Å². The van der Waals surface area contributed by atoms with Crippen LogP contribution in [0, 0.1) is 16.7 Å². The molecule has 2 aliphatic carbocycles. The average Bonchev–Trinajstić information content (AvgIpc) is 2.33. The van der Waals surface area contributed by atoms with E-state index in [1.165, 1.54) is 0 Å². The second-order valence-electron chi connectivity index (χ2n) is 7.36. The maximum Gasteiger partial charge on any atom is 0.408 e. The molecule has 0 heterocycles. The number of hydrogen-bond acceptors (Lipinski definition) is 4. The molecule has 2 fully saturated rings. The third kappa shape index (κ3) is 3.04. The molecule has 0 bridgehead atoms. The predicted octanol–water partition coefficient (Wildman–Crippen LogP) is 3.09. The molecular formula is C16H24N2O3. The molecule has 2 rings (SSSR count). The molecule has 5 heteroatoms. The molecule has 0 saturated heterocycles. The summed E-state index contributed by atoms with van der Waals surface area (Å²) in [6.45, 7) is 5.44. The molecule has 0 aromatic carbocycles. The van der Waals surface area contributed by atoms with E-state index in [2.05, 4.69) is 11.4 Å². The number of carbonyl (C=O) groups is 2. The van der Waals surface area contributed by atoms with Gasteiger partial charge in [-0.2, -0.15) is 5.26 Å². The Balaban J connectivity index is 2.20. The summed E-state index contributed by atoms with van der Waals surface area (Å²) in [7, 11) is 0. The van der Waals surface area contributed by atoms with Crippen LogP contribution in [-0.2, 0) is 9.53 Å². The van der Waals surface area contributed by atoms with Crippen LogP contribution in [0.5, 0.6) is 0 Å². The number of hydrogen-bond donors (Lipinski definition) is 1. The molecule has 1 N–H and O–H groups in total. The lowest BCUT2D eigenvalue weighted by molar-refractivity contribution is -0.135. The van der Waals surface area contributed by atoms with Crippen molar-refractivity contribution >= 4 is 11.9 Å². The molecule has 0 atom stereocenters. The minimum absolute atomic E-state index is 0.104. The maximum absolute atomic E-state index is 12.2. The Morgan fingerprint density at radius 3 is 2.24 bits per heavy atom. The number of carbonyl (C=O) groups excluding carboxylic acids is 2. The Morgan fingerprint density at radius 1 is 1.24 bits per heavy atom. The first-order valence-corrected chi connectivity index (χ1v) is 7.66. The first kappa shape index (κ1) is 15.8. The molecule has 0 spiro atoms. The number of nitrogens with zero attached hydrogens (tertiary/aromatic N) is 1. The summed E-state index contributed by atoms with van der Waals surface area (Å²) < 4.78 is 5.36. The van der Waals surface area contributed by atoms with Crippen molar-refractivity contribution in [1.29, 1.82) is 5.26 Å². The van der Waals surface area contributed by atoms with Crippen molar-refractivity contribution in [2.24, 2.45) is 5.41 Å². The van der Waals surface area contributed by atoms with E-state index < -0.39 is 22.6 Å². The lowest BCUT2D eigenvalue weighted by atomic mass is 9.53. The zero-order valence-corrected chi connectivity index (χ0v) is 13.1. The van der Waals surface area contributed by atoms with Crippen molar-refractivity contribution in [2.45, 2.75) is 76.9 Å². The Kier molecular flexibility index (Phi) is 4.01. The SMILES string of the molecule is CC(C)(C)OC(=O)NC1(C2(C#N)CC(=O)C2)CCCCC1. The number of rotatable bonds is 2. The summed E-state index contributed by atoms with van der Waals surface area (Å²) >= 11 is 0. The fraction of sp³-hybridized carbons (Fsp3) is 0.812. The van der Waals surface area contributed by atoms with E-state index >= 15 is 0 Å². The lowest BCUT2D eigenvalue weighted by Crippen LogP contribution is -2.65. The zero-order chi connectivity index (χ0) is 15.7. The molecule has 116 valence electrons. The van der Waals surface area contributed by atoms with Crippen LogP contribution in [0.4, 0.5) is 4.79 Å². The van der Waals surface area contributed by atoms with Gasteiger partial charge >= 0.3 is 6.09 Å². The summed E-state index contributed by atoms with van der Waals surface area (Å²) in [6.07, 6.45) is 4.53. The van der Waals surface area contributed by atoms with Crippen LogP contribution in [-0.4, -0.2) is 23.0 Å². The highest BCUT2D eigenvalue weighted by atomic mass is 16.6. The van der Waals surface area contributed by atoms with Gasteiger partial charge < -0.3 is 10.1 Å². The van der Waals surface area contributed by atoms with E-state index in [-0.39, 0.29) is 18.6 Å². The molecule has 21 heavy (non-hydrogen) atoms. The molecule has 0 radical (unpaired) electrons. The quantitative estimate of drug-likeness (QED) is 0.848. The second-order valence-corrected chi connectivity index (χ2v) is 7.36. The number of ether oxygens (including phenoxy) is 1. The van der Waals surface area contributed by atoms with Crippen LogP contribution in [0.25, 0.3) is 0 Å². The van der Waals surface area contributed by atoms with Gasteiger partial charge in [0.15, 0.2) is 0 Å². The highest BCUT2D eigenvalue weighted by Gasteiger charge is 2.60. The fourth-order valence-corrected chi connectivity index (χ4v) is 3.52. The molecule has 0 aromatic rings. The molecular weight excluding hydrogens is 268 g/mol. The Hall–Kier alpha value is -1.57. The van der Waals surface area contributed by atoms with Crippen LogP contribution < -0.4 is 5.32 Å². The topological polar surface area (TPSA) is 79.2 Å². The summed E-state index contributed by atoms with van der Waals surface area (Å²) in [5, 5.41) is 12.6. The van der Waals surface area contributed by atoms with Gasteiger partial charge in [-0.3, -0.25) is 4.79 Å². The fourth-order valence-electron chi connectivity index (χ4n) is 3.52. The van der Waals surface area contributed by atoms with Crippen molar-refractivity contribution in [3.8, 4) is 6.07 Å². The van der Waals surface area contributed by atoms with E-state index in [1.54, 1.807) is 0 Å². The number of nitrogens with one attached hydrogen (secondary N) is 1. The average molecular weight is 292 g/mol. The third-order valence-electron chi connectivity index (χ3n) is 4.58. The van der Waals surface area contributed by atoms with Crippen molar-refractivity contribution in [2.75, 3.05) is 0 Å². The molecule has 0 aliphatic heterocycles. The maximum atomic E-state index is 12.2. The predicted molar refractivity (Wildman–Crippen MR) is 77.5 cm³/mol. The molecule has 5 nitrogen and oxygen atoms in total. The number of nitriles is 1. The van der Waals surface area contributed by atoms with Crippen molar-refractivity contribution in [1.82, 2.24) is 5.32 Å². The first-order valence-electron chi connectivity index (χ1n) is 7.66. The van der Waals surface area contributed by atoms with Crippen LogP contribution in [0.2, 0.25) is 0 Å². The minimum Gasteiger partial charge on any atom is -0.444 e. The zero-order valence-electron chi connectivity index (χ0n) is 13.1. The lowest BCUT2D eigenvalue weighted by Gasteiger charge is -2.52. The molecule has 2 saturated carbocycles. The standard InChI is InChI=1S/C16H24N2O3/c1-14(2,3)21-13(20)18-16(7-5-4-6-8-16)15(11-17)9-12(19)10-15/h4-10H2,1-3H3,(H,18,20). The van der Waals surface area contributed by atoms with Crippen LogP contribution in [0.1, 0.15) is 65.7 Å². The van der Waals surface area contributed by atoms with E-state index in [0.717, 1.165) is 32.1 Å². The second kappa shape index (κ2) is 5.32. The van der Waals surface area contributed by atoms with Gasteiger partial charge in [0.2, 0.25) is 0 Å². The van der Waals surface area contributed by atoms with Gasteiger partial charge in [0.25, 0.3) is 0 Å². The molecule has 0 unspecified atom stereocenters. The smallest absolute Gasteiger partial charge is 0.408 e. The number of Topliss-reactive ketones (excluding diaryl/α,β-unsaturated/α-hetero) is 1. The normalized spacial score (nSPS) is 23.6. The number of amides is 1. The van der Waals surface area contributed by atoms with Crippen LogP contribution >= 0.6 is 0 Å². The van der Waals surface area contributed by atoms with Gasteiger partial charge in [0.1, 0.15) is 11.4 Å². The molecule has 1 amide bonds. The monoisotopic (exact) mass is 292 g/mol. The Morgan fingerprint density at radius 2 is 1.81 bits per heavy atom. The van der Waals surface area contributed by atoms with Gasteiger partial charge in [-0.25, -0.2) is 4.79 Å². The Bertz CT molecular complexity index is 471. The Labute approximate surface area is 126 Å². The summed E-state index contributed by atoms with van der Waals surface area (Å²) in [4.78, 5) is 23.7. The van der Waals surface area contributed by atoms with Gasteiger partial charge in [-0.15, -0.1) is 0 Å². The van der Waals surface area contributed by atoms with Crippen molar-refractivity contribution in [3.05, 3.63) is 0 Å². The number of ketones is 1. The summed E-state index contributed by atoms with van der Waals surface area (Å²) in [5.41, 5.74) is -1.94. The van der Waals surface area contributed by atoms with Crippen molar-refractivity contribution < 1.29 is 14.3 Å². The first-order chi connectivity index (χ1) is 9.72. The number of alkyl carbamates (subject to hydrolysis) is 1. The minimum atomic E-state index is -0.749. The highest BCUT2D eigenvalue weighted by molar-refractivity contribution is 5.88. The van der Waals surface area contributed by atoms with Crippen LogP contribution in [0.3, 0.4) is 0 Å². The molecule has 0 aromatic heterocycles. The van der Waals surface area contributed by atoms with Crippen LogP contribution in [0.15, 0.2) is 0 Å². The third-order valence-corrected chi connectivity index (χ3v) is 4.58. The summed E-state index contributed by atoms with van der Waals surface area (Å²) in [5.74, 6) is 0.104. The highest BCUT2D eigenvalue weighted by Crippen LogP contribution is 2.52. The van der Waals surface area contributed by atoms with E-state index in [1.807, 2.05) is 20.8 Å². The van der Waals surface area contributed by atoms with Gasteiger partial charge in [-0.05, 0) is 33.6 Å².